The molecule has 0 unspecified atom stereocenters. The molecule has 2 bridgehead atoms. The smallest absolute Gasteiger partial charge is 0.173 e. The van der Waals surface area contributed by atoms with Gasteiger partial charge in [-0.15, -0.1) is 0 Å². The quantitative estimate of drug-likeness (QED) is 0.545. The van der Waals surface area contributed by atoms with Gasteiger partial charge in [-0.2, -0.15) is 0 Å². The van der Waals surface area contributed by atoms with E-state index in [0.717, 1.165) is 12.8 Å². The fourth-order valence-corrected chi connectivity index (χ4v) is 2.98. The highest BCUT2D eigenvalue weighted by molar-refractivity contribution is 5.93. The van der Waals surface area contributed by atoms with Gasteiger partial charge < -0.3 is 0 Å². The molecule has 0 radical (unpaired) electrons. The van der Waals surface area contributed by atoms with Gasteiger partial charge in [0.2, 0.25) is 0 Å². The number of fused-ring (bicyclic) bond motifs is 2. The molecule has 2 aliphatic rings. The highest BCUT2D eigenvalue weighted by atomic mass is 19.1. The highest BCUT2D eigenvalue weighted by Crippen LogP contribution is 2.64. The molecule has 68 valence electrons. The lowest BCUT2D eigenvalue weighted by molar-refractivity contribution is -0.132. The fourth-order valence-electron chi connectivity index (χ4n) is 2.98. The molecule has 0 aromatic carbocycles. The van der Waals surface area contributed by atoms with Crippen molar-refractivity contribution >= 4 is 5.78 Å². The Morgan fingerprint density at radius 3 is 2.25 bits per heavy atom. The third kappa shape index (κ3) is 0.593. The summed E-state index contributed by atoms with van der Waals surface area (Å²) in [7, 11) is 0. The monoisotopic (exact) mass is 170 g/mol. The lowest BCUT2D eigenvalue weighted by atomic mass is 9.70. The molecule has 0 aromatic rings. The van der Waals surface area contributed by atoms with E-state index in [1.54, 1.807) is 0 Å². The van der Waals surface area contributed by atoms with E-state index in [4.69, 9.17) is 0 Å². The van der Waals surface area contributed by atoms with Crippen LogP contribution >= 0.6 is 0 Å². The molecule has 12 heavy (non-hydrogen) atoms. The molecule has 2 heteroatoms. The first-order chi connectivity index (χ1) is 5.41. The van der Waals surface area contributed by atoms with Crippen molar-refractivity contribution in [1.29, 1.82) is 0 Å². The third-order valence-corrected chi connectivity index (χ3v) is 4.45. The number of ketones is 1. The number of rotatable bonds is 0. The minimum absolute atomic E-state index is 0.0185. The normalized spacial score (nSPS) is 50.2. The summed E-state index contributed by atoms with van der Waals surface area (Å²) in [5, 5.41) is 0. The maximum Gasteiger partial charge on any atom is 0.173 e. The zero-order chi connectivity index (χ0) is 9.15. The van der Waals surface area contributed by atoms with Gasteiger partial charge in [-0.1, -0.05) is 20.8 Å². The Hall–Kier alpha value is -0.400. The number of carbonyl (C=O) groups is 1. The van der Waals surface area contributed by atoms with Crippen LogP contribution in [0.15, 0.2) is 0 Å². The second-order valence-electron chi connectivity index (χ2n) is 4.96. The van der Waals surface area contributed by atoms with Crippen molar-refractivity contribution in [3.63, 3.8) is 0 Å². The fraction of sp³-hybridized carbons (Fsp3) is 0.900. The van der Waals surface area contributed by atoms with Crippen LogP contribution in [0.3, 0.4) is 0 Å². The Bertz CT molecular complexity index is 246. The Morgan fingerprint density at radius 2 is 2.00 bits per heavy atom. The molecule has 0 amide bonds. The number of hydrogen-bond donors (Lipinski definition) is 0. The highest BCUT2D eigenvalue weighted by Gasteiger charge is 2.66. The largest absolute Gasteiger partial charge is 0.296 e. The summed E-state index contributed by atoms with van der Waals surface area (Å²) in [5.41, 5.74) is -0.499. The summed E-state index contributed by atoms with van der Waals surface area (Å²) < 4.78 is 13.4. The molecular weight excluding hydrogens is 155 g/mol. The zero-order valence-corrected chi connectivity index (χ0v) is 7.86. The van der Waals surface area contributed by atoms with Gasteiger partial charge in [-0.3, -0.25) is 4.79 Å². The first-order valence-electron chi connectivity index (χ1n) is 4.59. The molecule has 0 aliphatic heterocycles. The second kappa shape index (κ2) is 1.91. The van der Waals surface area contributed by atoms with Crippen molar-refractivity contribution in [2.24, 2.45) is 16.7 Å². The van der Waals surface area contributed by atoms with E-state index in [1.165, 1.54) is 0 Å². The van der Waals surface area contributed by atoms with E-state index in [0.29, 0.717) is 0 Å². The third-order valence-electron chi connectivity index (χ3n) is 4.45. The van der Waals surface area contributed by atoms with Crippen molar-refractivity contribution in [3.05, 3.63) is 0 Å². The molecular formula is C10H15FO. The molecule has 1 nitrogen and oxygen atoms in total. The van der Waals surface area contributed by atoms with E-state index in [9.17, 15) is 9.18 Å². The molecule has 2 rings (SSSR count). The predicted molar refractivity (Wildman–Crippen MR) is 44.5 cm³/mol. The van der Waals surface area contributed by atoms with Crippen LogP contribution in [0.4, 0.5) is 4.39 Å². The van der Waals surface area contributed by atoms with E-state index in [2.05, 4.69) is 0 Å². The first kappa shape index (κ1) is 8.21. The van der Waals surface area contributed by atoms with Crippen LogP contribution in [0.25, 0.3) is 0 Å². The van der Waals surface area contributed by atoms with Crippen LogP contribution in [0.1, 0.15) is 33.6 Å². The van der Waals surface area contributed by atoms with E-state index in [1.807, 2.05) is 20.8 Å². The van der Waals surface area contributed by atoms with Gasteiger partial charge in [-0.05, 0) is 18.3 Å². The van der Waals surface area contributed by atoms with Crippen LogP contribution in [0, 0.1) is 16.7 Å². The molecule has 0 aromatic heterocycles. The zero-order valence-electron chi connectivity index (χ0n) is 7.86. The van der Waals surface area contributed by atoms with E-state index < -0.39 is 6.17 Å². The second-order valence-corrected chi connectivity index (χ2v) is 4.96. The van der Waals surface area contributed by atoms with Crippen molar-refractivity contribution < 1.29 is 9.18 Å². The average molecular weight is 170 g/mol. The number of alkyl halides is 1. The van der Waals surface area contributed by atoms with Crippen molar-refractivity contribution in [3.8, 4) is 0 Å². The van der Waals surface area contributed by atoms with Gasteiger partial charge in [0, 0.05) is 11.3 Å². The van der Waals surface area contributed by atoms with Crippen LogP contribution in [0.2, 0.25) is 0 Å². The van der Waals surface area contributed by atoms with Gasteiger partial charge in [0.1, 0.15) is 0 Å². The molecule has 3 atom stereocenters. The Kier molecular flexibility index (Phi) is 1.31. The van der Waals surface area contributed by atoms with Crippen molar-refractivity contribution in [2.45, 2.75) is 39.8 Å². The lowest BCUT2D eigenvalue weighted by Gasteiger charge is -2.31. The summed E-state index contributed by atoms with van der Waals surface area (Å²) in [6, 6.07) is 0. The molecule has 0 spiro atoms. The lowest BCUT2D eigenvalue weighted by Crippen LogP contribution is -2.33. The van der Waals surface area contributed by atoms with Gasteiger partial charge in [-0.25, -0.2) is 4.39 Å². The molecule has 2 aliphatic carbocycles. The van der Waals surface area contributed by atoms with Crippen molar-refractivity contribution in [2.75, 3.05) is 0 Å². The molecule has 0 saturated heterocycles. The molecule has 0 heterocycles. The molecule has 2 fully saturated rings. The number of halogens is 1. The minimum atomic E-state index is -1.18. The van der Waals surface area contributed by atoms with Crippen molar-refractivity contribution in [1.82, 2.24) is 0 Å². The van der Waals surface area contributed by atoms with Crippen LogP contribution in [-0.2, 0) is 4.79 Å². The molecule has 0 N–H and O–H groups in total. The maximum atomic E-state index is 13.4. The maximum absolute atomic E-state index is 13.4. The Balaban J connectivity index is 2.50. The minimum Gasteiger partial charge on any atom is -0.296 e. The van der Waals surface area contributed by atoms with Gasteiger partial charge in [0.25, 0.3) is 0 Å². The van der Waals surface area contributed by atoms with E-state index in [-0.39, 0.29) is 22.5 Å². The standard InChI is InChI=1S/C10H15FO/c1-9(2)6-4-5-10(9,3)8(12)7(6)11/h6-7H,4-5H2,1-3H3/t6-,7+,10+/m1/s1. The number of Topliss-reactive ketones (excluding diaryl/α,β-unsaturated/α-hetero) is 1. The van der Waals surface area contributed by atoms with Crippen LogP contribution in [-0.4, -0.2) is 12.0 Å². The van der Waals surface area contributed by atoms with Gasteiger partial charge in [0.05, 0.1) is 0 Å². The molecule has 2 saturated carbocycles. The Labute approximate surface area is 72.3 Å². The topological polar surface area (TPSA) is 17.1 Å². The number of carbonyl (C=O) groups excluding carboxylic acids is 1. The Morgan fingerprint density at radius 1 is 1.42 bits per heavy atom. The summed E-state index contributed by atoms with van der Waals surface area (Å²) >= 11 is 0. The van der Waals surface area contributed by atoms with Crippen LogP contribution in [0.5, 0.6) is 0 Å². The number of hydrogen-bond acceptors (Lipinski definition) is 1. The average Bonchev–Trinajstić information content (AvgIpc) is 2.26. The first-order valence-corrected chi connectivity index (χ1v) is 4.59. The summed E-state index contributed by atoms with van der Waals surface area (Å²) in [4.78, 5) is 11.5. The summed E-state index contributed by atoms with van der Waals surface area (Å²) in [6.45, 7) is 5.99. The van der Waals surface area contributed by atoms with Gasteiger partial charge >= 0.3 is 0 Å². The summed E-state index contributed by atoms with van der Waals surface area (Å²) in [6.07, 6.45) is 0.582. The van der Waals surface area contributed by atoms with Gasteiger partial charge in [0.15, 0.2) is 12.0 Å². The van der Waals surface area contributed by atoms with Crippen LogP contribution < -0.4 is 0 Å². The predicted octanol–water partition coefficient (Wildman–Crippen LogP) is 2.35. The SMILES string of the molecule is CC1(C)[C@@H]2CC[C@@]1(C)C(=O)[C@H]2F. The summed E-state index contributed by atoms with van der Waals surface area (Å²) in [5.74, 6) is -0.168. The van der Waals surface area contributed by atoms with E-state index >= 15 is 0 Å².